The molecule has 0 spiro atoms. The van der Waals surface area contributed by atoms with Crippen molar-refractivity contribution in [1.29, 1.82) is 0 Å². The number of carbonyl (C=O) groups excluding carboxylic acids is 1. The predicted octanol–water partition coefficient (Wildman–Crippen LogP) is 0.961. The fourth-order valence-corrected chi connectivity index (χ4v) is 1.94. The van der Waals surface area contributed by atoms with Crippen LogP contribution in [0.4, 0.5) is 0 Å². The first-order valence-electron chi connectivity index (χ1n) is 7.23. The number of aryl methyl sites for hydroxylation is 1. The molecule has 0 saturated carbocycles. The molecular weight excluding hydrogens is 312 g/mol. The fraction of sp³-hybridized carbons (Fsp3) is 0.250. The van der Waals surface area contributed by atoms with Gasteiger partial charge in [0.2, 0.25) is 0 Å². The number of aliphatic carboxylic acids is 1. The smallest absolute Gasteiger partial charge is 0.328 e. The highest BCUT2D eigenvalue weighted by Gasteiger charge is 2.22. The molecule has 126 valence electrons. The number of carbonyl (C=O) groups is 2. The van der Waals surface area contributed by atoms with Gasteiger partial charge in [-0.3, -0.25) is 4.79 Å². The molecule has 1 amide bonds. The van der Waals surface area contributed by atoms with Gasteiger partial charge in [-0.2, -0.15) is 0 Å². The van der Waals surface area contributed by atoms with Gasteiger partial charge in [0, 0.05) is 0 Å². The van der Waals surface area contributed by atoms with Crippen LogP contribution in [0.3, 0.4) is 0 Å². The highest BCUT2D eigenvalue weighted by molar-refractivity contribution is 5.94. The standard InChI is InChI=1S/C16H18N4O4/c1-3-7-24-10-14(16(22)23)17-15(21)13-9-20(19-18-13)12-6-4-5-11(2)8-12/h3-6,8-9,14H,1,7,10H2,2H3,(H,17,21)(H,22,23). The molecule has 2 aromatic rings. The SMILES string of the molecule is C=CCOCC(NC(=O)c1cn(-c2cccc(C)c2)nn1)C(=O)O. The number of carboxylic acid groups (broad SMARTS) is 1. The second kappa shape index (κ2) is 8.02. The summed E-state index contributed by atoms with van der Waals surface area (Å²) in [6.45, 7) is 5.44. The second-order valence-corrected chi connectivity index (χ2v) is 5.08. The number of aromatic nitrogens is 3. The molecule has 8 heteroatoms. The quantitative estimate of drug-likeness (QED) is 0.551. The summed E-state index contributed by atoms with van der Waals surface area (Å²) in [6, 6.07) is 6.34. The Balaban J connectivity index is 2.06. The van der Waals surface area contributed by atoms with Crippen LogP contribution < -0.4 is 5.32 Å². The van der Waals surface area contributed by atoms with E-state index in [-0.39, 0.29) is 18.9 Å². The molecule has 24 heavy (non-hydrogen) atoms. The molecule has 0 aliphatic rings. The normalized spacial score (nSPS) is 11.7. The van der Waals surface area contributed by atoms with Crippen LogP contribution in [0.2, 0.25) is 0 Å². The van der Waals surface area contributed by atoms with Gasteiger partial charge in [0.1, 0.15) is 0 Å². The zero-order valence-electron chi connectivity index (χ0n) is 13.2. The van der Waals surface area contributed by atoms with Gasteiger partial charge in [0.05, 0.1) is 25.1 Å². The van der Waals surface area contributed by atoms with Gasteiger partial charge in [0.15, 0.2) is 11.7 Å². The van der Waals surface area contributed by atoms with Crippen molar-refractivity contribution in [3.05, 3.63) is 54.4 Å². The maximum Gasteiger partial charge on any atom is 0.328 e. The number of benzene rings is 1. The minimum absolute atomic E-state index is 0.0199. The van der Waals surface area contributed by atoms with Crippen LogP contribution in [0.25, 0.3) is 5.69 Å². The van der Waals surface area contributed by atoms with Crippen LogP contribution in [0.15, 0.2) is 43.1 Å². The molecule has 0 aliphatic heterocycles. The second-order valence-electron chi connectivity index (χ2n) is 5.08. The first-order chi connectivity index (χ1) is 11.5. The number of hydrogen-bond acceptors (Lipinski definition) is 5. The third-order valence-electron chi connectivity index (χ3n) is 3.12. The summed E-state index contributed by atoms with van der Waals surface area (Å²) in [5, 5.41) is 19.1. The minimum atomic E-state index is -1.20. The van der Waals surface area contributed by atoms with E-state index in [1.807, 2.05) is 31.2 Å². The van der Waals surface area contributed by atoms with E-state index in [4.69, 9.17) is 9.84 Å². The lowest BCUT2D eigenvalue weighted by atomic mass is 10.2. The van der Waals surface area contributed by atoms with E-state index in [0.717, 1.165) is 11.3 Å². The Bertz CT molecular complexity index is 741. The first kappa shape index (κ1) is 17.4. The summed E-state index contributed by atoms with van der Waals surface area (Å²) >= 11 is 0. The number of ether oxygens (including phenoxy) is 1. The highest BCUT2D eigenvalue weighted by Crippen LogP contribution is 2.09. The molecule has 0 aliphatic carbocycles. The van der Waals surface area contributed by atoms with Crippen molar-refractivity contribution < 1.29 is 19.4 Å². The molecule has 1 aromatic carbocycles. The maximum absolute atomic E-state index is 12.1. The van der Waals surface area contributed by atoms with Crippen molar-refractivity contribution in [1.82, 2.24) is 20.3 Å². The summed E-state index contributed by atoms with van der Waals surface area (Å²) < 4.78 is 6.53. The van der Waals surface area contributed by atoms with Gasteiger partial charge < -0.3 is 15.2 Å². The Kier molecular flexibility index (Phi) is 5.80. The summed E-state index contributed by atoms with van der Waals surface area (Å²) in [7, 11) is 0. The van der Waals surface area contributed by atoms with Crippen LogP contribution in [-0.4, -0.2) is 51.2 Å². The van der Waals surface area contributed by atoms with Crippen LogP contribution in [0, 0.1) is 6.92 Å². The van der Waals surface area contributed by atoms with Gasteiger partial charge in [-0.05, 0) is 24.6 Å². The van der Waals surface area contributed by atoms with E-state index >= 15 is 0 Å². The topological polar surface area (TPSA) is 106 Å². The molecule has 2 rings (SSSR count). The lowest BCUT2D eigenvalue weighted by molar-refractivity contribution is -0.140. The van der Waals surface area contributed by atoms with Gasteiger partial charge in [-0.1, -0.05) is 23.4 Å². The van der Waals surface area contributed by atoms with E-state index in [2.05, 4.69) is 22.2 Å². The Morgan fingerprint density at radius 1 is 1.50 bits per heavy atom. The number of amides is 1. The molecule has 1 unspecified atom stereocenters. The zero-order chi connectivity index (χ0) is 17.5. The number of nitrogens with one attached hydrogen (secondary N) is 1. The highest BCUT2D eigenvalue weighted by atomic mass is 16.5. The van der Waals surface area contributed by atoms with Gasteiger partial charge in [-0.15, -0.1) is 11.7 Å². The maximum atomic E-state index is 12.1. The van der Waals surface area contributed by atoms with Crippen molar-refractivity contribution in [2.24, 2.45) is 0 Å². The Morgan fingerprint density at radius 2 is 2.29 bits per heavy atom. The van der Waals surface area contributed by atoms with Crippen molar-refractivity contribution >= 4 is 11.9 Å². The summed E-state index contributed by atoms with van der Waals surface area (Å²) in [5.74, 6) is -1.83. The third kappa shape index (κ3) is 4.50. The fourth-order valence-electron chi connectivity index (χ4n) is 1.94. The van der Waals surface area contributed by atoms with E-state index in [1.54, 1.807) is 0 Å². The lowest BCUT2D eigenvalue weighted by Gasteiger charge is -2.13. The largest absolute Gasteiger partial charge is 0.480 e. The Hall–Kier alpha value is -3.00. The zero-order valence-corrected chi connectivity index (χ0v) is 13.2. The molecule has 0 fully saturated rings. The number of carboxylic acids is 1. The van der Waals surface area contributed by atoms with Crippen LogP contribution in [0.1, 0.15) is 16.1 Å². The van der Waals surface area contributed by atoms with E-state index < -0.39 is 17.9 Å². The lowest BCUT2D eigenvalue weighted by Crippen LogP contribution is -2.44. The van der Waals surface area contributed by atoms with Gasteiger partial charge >= 0.3 is 5.97 Å². The Morgan fingerprint density at radius 3 is 2.96 bits per heavy atom. The molecular formula is C16H18N4O4. The number of rotatable bonds is 8. The van der Waals surface area contributed by atoms with Crippen molar-refractivity contribution in [2.45, 2.75) is 13.0 Å². The van der Waals surface area contributed by atoms with Gasteiger partial charge in [-0.25, -0.2) is 9.48 Å². The molecule has 0 radical (unpaired) electrons. The Labute approximate surface area is 138 Å². The molecule has 1 heterocycles. The van der Waals surface area contributed by atoms with Crippen LogP contribution >= 0.6 is 0 Å². The van der Waals surface area contributed by atoms with E-state index in [0.29, 0.717) is 0 Å². The summed E-state index contributed by atoms with van der Waals surface area (Å²) in [5.41, 5.74) is 1.82. The predicted molar refractivity (Wildman–Crippen MR) is 86.0 cm³/mol. The minimum Gasteiger partial charge on any atom is -0.480 e. The molecule has 1 aromatic heterocycles. The molecule has 0 saturated heterocycles. The van der Waals surface area contributed by atoms with Crippen molar-refractivity contribution in [2.75, 3.05) is 13.2 Å². The molecule has 8 nitrogen and oxygen atoms in total. The van der Waals surface area contributed by atoms with E-state index in [9.17, 15) is 9.59 Å². The number of hydrogen-bond donors (Lipinski definition) is 2. The summed E-state index contributed by atoms with van der Waals surface area (Å²) in [6.07, 6.45) is 2.93. The first-order valence-corrected chi connectivity index (χ1v) is 7.23. The average Bonchev–Trinajstić information content (AvgIpc) is 3.04. The van der Waals surface area contributed by atoms with Crippen molar-refractivity contribution in [3.63, 3.8) is 0 Å². The third-order valence-corrected chi connectivity index (χ3v) is 3.12. The van der Waals surface area contributed by atoms with Crippen molar-refractivity contribution in [3.8, 4) is 5.69 Å². The average molecular weight is 330 g/mol. The van der Waals surface area contributed by atoms with Gasteiger partial charge in [0.25, 0.3) is 5.91 Å². The molecule has 1 atom stereocenters. The van der Waals surface area contributed by atoms with E-state index in [1.165, 1.54) is 17.0 Å². The summed E-state index contributed by atoms with van der Waals surface area (Å²) in [4.78, 5) is 23.3. The monoisotopic (exact) mass is 330 g/mol. The van der Waals surface area contributed by atoms with Crippen LogP contribution in [-0.2, 0) is 9.53 Å². The molecule has 0 bridgehead atoms. The molecule has 2 N–H and O–H groups in total. The van der Waals surface area contributed by atoms with Crippen LogP contribution in [0.5, 0.6) is 0 Å². The number of nitrogens with zero attached hydrogens (tertiary/aromatic N) is 3.